The Labute approximate surface area is 108 Å². The number of carbonyl (C=O) groups excluding carboxylic acids is 1. The molecule has 0 aliphatic carbocycles. The van der Waals surface area contributed by atoms with E-state index in [0.717, 1.165) is 12.1 Å². The molecule has 0 saturated carbocycles. The van der Waals surface area contributed by atoms with E-state index in [2.05, 4.69) is 13.8 Å². The van der Waals surface area contributed by atoms with Crippen molar-refractivity contribution >= 4 is 5.91 Å². The standard InChI is InChI=1S/C15H21NO2/c1-11(2)13-8-15(18)16(9-13)10-14(17)12-6-4-3-5-7-12/h3-7,11,13-14,17H,8-10H2,1-2H3. The smallest absolute Gasteiger partial charge is 0.223 e. The van der Waals surface area contributed by atoms with Crippen LogP contribution < -0.4 is 0 Å². The third-order valence-corrected chi connectivity index (χ3v) is 3.76. The first-order chi connectivity index (χ1) is 8.58. The van der Waals surface area contributed by atoms with Crippen LogP contribution in [-0.4, -0.2) is 29.0 Å². The van der Waals surface area contributed by atoms with Crippen molar-refractivity contribution < 1.29 is 9.90 Å². The van der Waals surface area contributed by atoms with Crippen molar-refractivity contribution in [1.82, 2.24) is 4.90 Å². The summed E-state index contributed by atoms with van der Waals surface area (Å²) in [6.45, 7) is 5.48. The molecule has 0 aromatic heterocycles. The maximum atomic E-state index is 11.9. The zero-order valence-corrected chi connectivity index (χ0v) is 11.0. The topological polar surface area (TPSA) is 40.5 Å². The van der Waals surface area contributed by atoms with E-state index in [1.54, 1.807) is 4.90 Å². The van der Waals surface area contributed by atoms with Gasteiger partial charge in [-0.1, -0.05) is 44.2 Å². The molecule has 2 rings (SSSR count). The maximum Gasteiger partial charge on any atom is 0.223 e. The van der Waals surface area contributed by atoms with Crippen LogP contribution in [-0.2, 0) is 4.79 Å². The molecule has 1 aliphatic rings. The Kier molecular flexibility index (Phi) is 4.02. The van der Waals surface area contributed by atoms with Crippen molar-refractivity contribution in [2.24, 2.45) is 11.8 Å². The van der Waals surface area contributed by atoms with Gasteiger partial charge in [0.05, 0.1) is 12.6 Å². The highest BCUT2D eigenvalue weighted by atomic mass is 16.3. The molecule has 1 aromatic rings. The lowest BCUT2D eigenvalue weighted by molar-refractivity contribution is -0.129. The van der Waals surface area contributed by atoms with Gasteiger partial charge in [-0.2, -0.15) is 0 Å². The number of aliphatic hydroxyl groups is 1. The summed E-state index contributed by atoms with van der Waals surface area (Å²) >= 11 is 0. The van der Waals surface area contributed by atoms with Gasteiger partial charge in [0, 0.05) is 13.0 Å². The van der Waals surface area contributed by atoms with E-state index in [0.29, 0.717) is 24.8 Å². The number of β-amino-alcohol motifs (C(OH)–C–C–N with tert-alkyl or cyclic N) is 1. The number of amides is 1. The van der Waals surface area contributed by atoms with Crippen molar-refractivity contribution in [3.8, 4) is 0 Å². The molecule has 1 saturated heterocycles. The Balaban J connectivity index is 1.96. The van der Waals surface area contributed by atoms with Gasteiger partial charge in [-0.3, -0.25) is 4.79 Å². The molecule has 1 N–H and O–H groups in total. The molecule has 0 spiro atoms. The lowest BCUT2D eigenvalue weighted by atomic mass is 9.95. The first-order valence-electron chi connectivity index (χ1n) is 6.58. The summed E-state index contributed by atoms with van der Waals surface area (Å²) in [4.78, 5) is 13.7. The summed E-state index contributed by atoms with van der Waals surface area (Å²) < 4.78 is 0. The molecule has 1 heterocycles. The van der Waals surface area contributed by atoms with Crippen molar-refractivity contribution in [3.63, 3.8) is 0 Å². The molecule has 1 aromatic carbocycles. The molecule has 1 fully saturated rings. The van der Waals surface area contributed by atoms with E-state index >= 15 is 0 Å². The third kappa shape index (κ3) is 2.91. The van der Waals surface area contributed by atoms with E-state index in [1.807, 2.05) is 30.3 Å². The van der Waals surface area contributed by atoms with Gasteiger partial charge < -0.3 is 10.0 Å². The van der Waals surface area contributed by atoms with Crippen LogP contribution in [0.25, 0.3) is 0 Å². The summed E-state index contributed by atoms with van der Waals surface area (Å²) in [5, 5.41) is 10.1. The number of benzene rings is 1. The Bertz CT molecular complexity index is 402. The highest BCUT2D eigenvalue weighted by Crippen LogP contribution is 2.26. The molecule has 1 aliphatic heterocycles. The summed E-state index contributed by atoms with van der Waals surface area (Å²) in [7, 11) is 0. The molecule has 98 valence electrons. The van der Waals surface area contributed by atoms with Gasteiger partial charge in [-0.25, -0.2) is 0 Å². The number of hydrogen-bond acceptors (Lipinski definition) is 2. The Morgan fingerprint density at radius 1 is 1.33 bits per heavy atom. The van der Waals surface area contributed by atoms with Gasteiger partial charge in [-0.15, -0.1) is 0 Å². The Morgan fingerprint density at radius 3 is 2.56 bits per heavy atom. The average Bonchev–Trinajstić information content (AvgIpc) is 2.72. The molecule has 2 unspecified atom stereocenters. The molecule has 18 heavy (non-hydrogen) atoms. The summed E-state index contributed by atoms with van der Waals surface area (Å²) in [5.41, 5.74) is 0.873. The predicted octanol–water partition coefficient (Wildman–Crippen LogP) is 2.22. The van der Waals surface area contributed by atoms with Gasteiger partial charge >= 0.3 is 0 Å². The average molecular weight is 247 g/mol. The molecular formula is C15H21NO2. The number of carbonyl (C=O) groups is 1. The minimum atomic E-state index is -0.582. The molecule has 1 amide bonds. The second-order valence-corrected chi connectivity index (χ2v) is 5.43. The van der Waals surface area contributed by atoms with Crippen LogP contribution in [0.1, 0.15) is 31.9 Å². The fraction of sp³-hybridized carbons (Fsp3) is 0.533. The second-order valence-electron chi connectivity index (χ2n) is 5.43. The minimum Gasteiger partial charge on any atom is -0.387 e. The highest BCUT2D eigenvalue weighted by Gasteiger charge is 2.32. The van der Waals surface area contributed by atoms with Crippen LogP contribution in [0.3, 0.4) is 0 Å². The number of nitrogens with zero attached hydrogens (tertiary/aromatic N) is 1. The quantitative estimate of drug-likeness (QED) is 0.886. The number of aliphatic hydroxyl groups excluding tert-OH is 1. The molecular weight excluding hydrogens is 226 g/mol. The van der Waals surface area contributed by atoms with Crippen molar-refractivity contribution in [1.29, 1.82) is 0 Å². The lowest BCUT2D eigenvalue weighted by Crippen LogP contribution is -2.30. The summed E-state index contributed by atoms with van der Waals surface area (Å²) in [6.07, 6.45) is 0.0418. The highest BCUT2D eigenvalue weighted by molar-refractivity contribution is 5.78. The van der Waals surface area contributed by atoms with Crippen molar-refractivity contribution in [2.45, 2.75) is 26.4 Å². The SMILES string of the molecule is CC(C)C1CC(=O)N(CC(O)c2ccccc2)C1. The molecule has 3 heteroatoms. The van der Waals surface area contributed by atoms with Gasteiger partial charge in [-0.05, 0) is 17.4 Å². The Hall–Kier alpha value is -1.35. The largest absolute Gasteiger partial charge is 0.387 e. The molecule has 3 nitrogen and oxygen atoms in total. The summed E-state index contributed by atoms with van der Waals surface area (Å²) in [5.74, 6) is 1.12. The van der Waals surface area contributed by atoms with Crippen LogP contribution in [0.4, 0.5) is 0 Å². The minimum absolute atomic E-state index is 0.170. The molecule has 0 radical (unpaired) electrons. The zero-order chi connectivity index (χ0) is 13.1. The van der Waals surface area contributed by atoms with Crippen LogP contribution in [0, 0.1) is 11.8 Å². The molecule has 0 bridgehead atoms. The summed E-state index contributed by atoms with van der Waals surface area (Å²) in [6, 6.07) is 9.52. The van der Waals surface area contributed by atoms with Crippen molar-refractivity contribution in [2.75, 3.05) is 13.1 Å². The van der Waals surface area contributed by atoms with Crippen LogP contribution >= 0.6 is 0 Å². The number of hydrogen-bond donors (Lipinski definition) is 1. The monoisotopic (exact) mass is 247 g/mol. The van der Waals surface area contributed by atoms with E-state index in [9.17, 15) is 9.90 Å². The predicted molar refractivity (Wildman–Crippen MR) is 70.9 cm³/mol. The fourth-order valence-electron chi connectivity index (χ4n) is 2.42. The van der Waals surface area contributed by atoms with E-state index in [4.69, 9.17) is 0 Å². The second kappa shape index (κ2) is 5.53. The van der Waals surface area contributed by atoms with Gasteiger partial charge in [0.2, 0.25) is 5.91 Å². The first-order valence-corrected chi connectivity index (χ1v) is 6.58. The van der Waals surface area contributed by atoms with Crippen LogP contribution in [0.5, 0.6) is 0 Å². The van der Waals surface area contributed by atoms with Gasteiger partial charge in [0.15, 0.2) is 0 Å². The van der Waals surface area contributed by atoms with Gasteiger partial charge in [0.25, 0.3) is 0 Å². The Morgan fingerprint density at radius 2 is 2.00 bits per heavy atom. The lowest BCUT2D eigenvalue weighted by Gasteiger charge is -2.21. The fourth-order valence-corrected chi connectivity index (χ4v) is 2.42. The third-order valence-electron chi connectivity index (χ3n) is 3.76. The number of rotatable bonds is 4. The molecule has 2 atom stereocenters. The van der Waals surface area contributed by atoms with Crippen LogP contribution in [0.15, 0.2) is 30.3 Å². The normalized spacial score (nSPS) is 21.7. The van der Waals surface area contributed by atoms with Crippen LogP contribution in [0.2, 0.25) is 0 Å². The van der Waals surface area contributed by atoms with E-state index < -0.39 is 6.10 Å². The first kappa shape index (κ1) is 13.1. The van der Waals surface area contributed by atoms with Crippen molar-refractivity contribution in [3.05, 3.63) is 35.9 Å². The maximum absolute atomic E-state index is 11.9. The van der Waals surface area contributed by atoms with E-state index in [-0.39, 0.29) is 5.91 Å². The zero-order valence-electron chi connectivity index (χ0n) is 11.0. The van der Waals surface area contributed by atoms with E-state index in [1.165, 1.54) is 0 Å². The van der Waals surface area contributed by atoms with Gasteiger partial charge in [0.1, 0.15) is 0 Å². The number of likely N-dealkylation sites (tertiary alicyclic amines) is 1.